The van der Waals surface area contributed by atoms with Crippen LogP contribution in [-0.2, 0) is 11.3 Å². The van der Waals surface area contributed by atoms with Gasteiger partial charge in [-0.3, -0.25) is 9.79 Å². The van der Waals surface area contributed by atoms with Crippen molar-refractivity contribution in [1.82, 2.24) is 15.6 Å². The van der Waals surface area contributed by atoms with E-state index in [2.05, 4.69) is 20.6 Å². The molecule has 3 heterocycles. The first kappa shape index (κ1) is 21.1. The number of nitrogens with zero attached hydrogens (tertiary/aromatic N) is 4. The second kappa shape index (κ2) is 9.76. The van der Waals surface area contributed by atoms with Crippen molar-refractivity contribution in [2.75, 3.05) is 36.5 Å². The first-order chi connectivity index (χ1) is 15.1. The number of piperidine rings is 1. The predicted octanol–water partition coefficient (Wildman–Crippen LogP) is 2.68. The highest BCUT2D eigenvalue weighted by molar-refractivity contribution is 5.94. The lowest BCUT2D eigenvalue weighted by atomic mass is 10.1. The number of benzene rings is 1. The van der Waals surface area contributed by atoms with Gasteiger partial charge in [0.1, 0.15) is 0 Å². The SMILES string of the molecule is CN=C(NCc1ccc(N2CCCCC2=O)cc1)NC1CCN(c2ncccc2F)C1. The molecule has 164 valence electrons. The van der Waals surface area contributed by atoms with E-state index in [0.717, 1.165) is 43.6 Å². The highest BCUT2D eigenvalue weighted by Crippen LogP contribution is 2.22. The Morgan fingerprint density at radius 3 is 2.81 bits per heavy atom. The molecule has 1 aromatic heterocycles. The average Bonchev–Trinajstić information content (AvgIpc) is 3.26. The Kier molecular flexibility index (Phi) is 6.64. The van der Waals surface area contributed by atoms with Crippen LogP contribution in [0.5, 0.6) is 0 Å². The van der Waals surface area contributed by atoms with Crippen LogP contribution in [0.4, 0.5) is 15.9 Å². The summed E-state index contributed by atoms with van der Waals surface area (Å²) < 4.78 is 14.0. The van der Waals surface area contributed by atoms with E-state index in [0.29, 0.717) is 31.3 Å². The fourth-order valence-corrected chi connectivity index (χ4v) is 4.13. The van der Waals surface area contributed by atoms with Gasteiger partial charge in [0.25, 0.3) is 0 Å². The van der Waals surface area contributed by atoms with E-state index in [1.54, 1.807) is 19.3 Å². The lowest BCUT2D eigenvalue weighted by molar-refractivity contribution is -0.119. The maximum atomic E-state index is 14.0. The number of hydrogen-bond donors (Lipinski definition) is 2. The molecule has 7 nitrogen and oxygen atoms in total. The molecule has 8 heteroatoms. The minimum atomic E-state index is -0.291. The molecular formula is C23H29FN6O. The third-order valence-electron chi connectivity index (χ3n) is 5.82. The third kappa shape index (κ3) is 5.13. The molecule has 4 rings (SSSR count). The van der Waals surface area contributed by atoms with Gasteiger partial charge in [-0.25, -0.2) is 9.37 Å². The molecule has 1 unspecified atom stereocenters. The van der Waals surface area contributed by atoms with E-state index in [-0.39, 0.29) is 17.8 Å². The number of carbonyl (C=O) groups is 1. The summed E-state index contributed by atoms with van der Waals surface area (Å²) >= 11 is 0. The fourth-order valence-electron chi connectivity index (χ4n) is 4.13. The van der Waals surface area contributed by atoms with Crippen LogP contribution in [0.1, 0.15) is 31.2 Å². The molecule has 1 amide bonds. The zero-order chi connectivity index (χ0) is 21.6. The minimum absolute atomic E-state index is 0.167. The average molecular weight is 425 g/mol. The standard InChI is InChI=1S/C23H29FN6O/c1-25-23(28-18-11-14-29(16-18)22-20(24)5-4-12-26-22)27-15-17-7-9-19(10-8-17)30-13-3-2-6-21(30)31/h4-5,7-10,12,18H,2-3,6,11,13-16H2,1H3,(H2,25,27,28). The molecule has 0 bridgehead atoms. The van der Waals surface area contributed by atoms with E-state index in [9.17, 15) is 9.18 Å². The van der Waals surface area contributed by atoms with Crippen molar-refractivity contribution in [3.8, 4) is 0 Å². The number of carbonyl (C=O) groups excluding carboxylic acids is 1. The summed E-state index contributed by atoms with van der Waals surface area (Å²) in [6.07, 6.45) is 5.18. The Labute approximate surface area is 182 Å². The number of anilines is 2. The second-order valence-electron chi connectivity index (χ2n) is 7.98. The van der Waals surface area contributed by atoms with Gasteiger partial charge in [-0.05, 0) is 49.1 Å². The van der Waals surface area contributed by atoms with Crippen molar-refractivity contribution in [2.24, 2.45) is 4.99 Å². The summed E-state index contributed by atoms with van der Waals surface area (Å²) in [5.74, 6) is 1.03. The van der Waals surface area contributed by atoms with E-state index < -0.39 is 0 Å². The van der Waals surface area contributed by atoms with Gasteiger partial charge in [0.05, 0.1) is 0 Å². The number of aromatic nitrogens is 1. The highest BCUT2D eigenvalue weighted by atomic mass is 19.1. The van der Waals surface area contributed by atoms with Crippen LogP contribution >= 0.6 is 0 Å². The highest BCUT2D eigenvalue weighted by Gasteiger charge is 2.26. The lowest BCUT2D eigenvalue weighted by Crippen LogP contribution is -2.44. The number of hydrogen-bond acceptors (Lipinski definition) is 4. The van der Waals surface area contributed by atoms with Crippen molar-refractivity contribution < 1.29 is 9.18 Å². The summed E-state index contributed by atoms with van der Waals surface area (Å²) in [6.45, 7) is 2.85. The topological polar surface area (TPSA) is 72.9 Å². The number of halogens is 1. The zero-order valence-corrected chi connectivity index (χ0v) is 17.9. The van der Waals surface area contributed by atoms with Crippen LogP contribution in [-0.4, -0.2) is 49.6 Å². The zero-order valence-electron chi connectivity index (χ0n) is 17.9. The number of amides is 1. The van der Waals surface area contributed by atoms with Gasteiger partial charge >= 0.3 is 0 Å². The summed E-state index contributed by atoms with van der Waals surface area (Å²) in [4.78, 5) is 24.4. The van der Waals surface area contributed by atoms with Gasteiger partial charge in [0, 0.05) is 57.6 Å². The van der Waals surface area contributed by atoms with Gasteiger partial charge in [-0.15, -0.1) is 0 Å². The van der Waals surface area contributed by atoms with Gasteiger partial charge in [-0.1, -0.05) is 12.1 Å². The Bertz CT molecular complexity index is 932. The Morgan fingerprint density at radius 1 is 1.23 bits per heavy atom. The summed E-state index contributed by atoms with van der Waals surface area (Å²) in [6, 6.07) is 11.3. The lowest BCUT2D eigenvalue weighted by Gasteiger charge is -2.27. The van der Waals surface area contributed by atoms with Gasteiger partial charge in [-0.2, -0.15) is 0 Å². The van der Waals surface area contributed by atoms with E-state index in [1.165, 1.54) is 6.07 Å². The maximum Gasteiger partial charge on any atom is 0.226 e. The van der Waals surface area contributed by atoms with Gasteiger partial charge in [0.2, 0.25) is 5.91 Å². The van der Waals surface area contributed by atoms with Gasteiger partial charge in [0.15, 0.2) is 17.6 Å². The predicted molar refractivity (Wildman–Crippen MR) is 121 cm³/mol. The van der Waals surface area contributed by atoms with E-state index >= 15 is 0 Å². The van der Waals surface area contributed by atoms with Crippen LogP contribution in [0, 0.1) is 5.82 Å². The van der Waals surface area contributed by atoms with Crippen molar-refractivity contribution in [2.45, 2.75) is 38.3 Å². The van der Waals surface area contributed by atoms with E-state index in [4.69, 9.17) is 0 Å². The monoisotopic (exact) mass is 424 g/mol. The number of guanidine groups is 1. The number of rotatable bonds is 5. The molecule has 1 aromatic carbocycles. The molecule has 31 heavy (non-hydrogen) atoms. The molecule has 0 saturated carbocycles. The molecule has 2 aromatic rings. The first-order valence-corrected chi connectivity index (χ1v) is 10.9. The molecular weight excluding hydrogens is 395 g/mol. The summed E-state index contributed by atoms with van der Waals surface area (Å²) in [7, 11) is 1.74. The van der Waals surface area contributed by atoms with Crippen LogP contribution in [0.2, 0.25) is 0 Å². The number of pyridine rings is 1. The Balaban J connectivity index is 1.28. The van der Waals surface area contributed by atoms with Crippen LogP contribution in [0.25, 0.3) is 0 Å². The normalized spacial score (nSPS) is 19.6. The molecule has 2 fully saturated rings. The van der Waals surface area contributed by atoms with Crippen LogP contribution in [0.15, 0.2) is 47.6 Å². The fraction of sp³-hybridized carbons (Fsp3) is 0.435. The van der Waals surface area contributed by atoms with Crippen molar-refractivity contribution in [1.29, 1.82) is 0 Å². The van der Waals surface area contributed by atoms with Crippen LogP contribution < -0.4 is 20.4 Å². The Hall–Kier alpha value is -3.16. The van der Waals surface area contributed by atoms with Gasteiger partial charge < -0.3 is 20.4 Å². The quantitative estimate of drug-likeness (QED) is 0.570. The smallest absolute Gasteiger partial charge is 0.226 e. The molecule has 2 saturated heterocycles. The molecule has 0 spiro atoms. The summed E-state index contributed by atoms with van der Waals surface area (Å²) in [5.41, 5.74) is 2.07. The molecule has 2 aliphatic rings. The third-order valence-corrected chi connectivity index (χ3v) is 5.82. The largest absolute Gasteiger partial charge is 0.352 e. The second-order valence-corrected chi connectivity index (χ2v) is 7.98. The number of nitrogens with one attached hydrogen (secondary N) is 2. The molecule has 2 N–H and O–H groups in total. The first-order valence-electron chi connectivity index (χ1n) is 10.9. The van der Waals surface area contributed by atoms with Crippen molar-refractivity contribution in [3.63, 3.8) is 0 Å². The molecule has 0 radical (unpaired) electrons. The molecule has 0 aliphatic carbocycles. The van der Waals surface area contributed by atoms with Crippen LogP contribution in [0.3, 0.4) is 0 Å². The maximum absolute atomic E-state index is 14.0. The van der Waals surface area contributed by atoms with Crippen molar-refractivity contribution >= 4 is 23.4 Å². The number of aliphatic imine (C=N–C) groups is 1. The summed E-state index contributed by atoms with van der Waals surface area (Å²) in [5, 5.41) is 6.75. The molecule has 2 aliphatic heterocycles. The van der Waals surface area contributed by atoms with Crippen molar-refractivity contribution in [3.05, 3.63) is 54.0 Å². The Morgan fingerprint density at radius 2 is 2.06 bits per heavy atom. The van der Waals surface area contributed by atoms with E-state index in [1.807, 2.05) is 34.1 Å². The minimum Gasteiger partial charge on any atom is -0.352 e. The molecule has 1 atom stereocenters.